The predicted octanol–water partition coefficient (Wildman–Crippen LogP) is 2.77. The lowest BCUT2D eigenvalue weighted by molar-refractivity contribution is -0.139. The summed E-state index contributed by atoms with van der Waals surface area (Å²) in [6.07, 6.45) is -3.77. The van der Waals surface area contributed by atoms with Crippen molar-refractivity contribution in [3.8, 4) is 5.75 Å². The number of nitrogens with one attached hydrogen (secondary N) is 1. The van der Waals surface area contributed by atoms with Crippen molar-refractivity contribution in [2.45, 2.75) is 12.6 Å². The summed E-state index contributed by atoms with van der Waals surface area (Å²) in [6, 6.07) is 3.56. The molecule has 0 bridgehead atoms. The zero-order valence-corrected chi connectivity index (χ0v) is 13.9. The number of amides is 1. The number of halogens is 5. The summed E-state index contributed by atoms with van der Waals surface area (Å²) in [7, 11) is 0. The first-order chi connectivity index (χ1) is 9.73. The van der Waals surface area contributed by atoms with Crippen molar-refractivity contribution in [1.82, 2.24) is 5.32 Å². The van der Waals surface area contributed by atoms with Gasteiger partial charge in [-0.1, -0.05) is 0 Å². The van der Waals surface area contributed by atoms with Crippen LogP contribution in [0.4, 0.5) is 13.2 Å². The highest BCUT2D eigenvalue weighted by atomic mass is 79.9. The van der Waals surface area contributed by atoms with Crippen LogP contribution in [0.25, 0.3) is 0 Å². The van der Waals surface area contributed by atoms with Crippen molar-refractivity contribution in [3.63, 3.8) is 0 Å². The van der Waals surface area contributed by atoms with Gasteiger partial charge in [0.05, 0.1) is 8.95 Å². The third-order valence-corrected chi connectivity index (χ3v) is 3.50. The summed E-state index contributed by atoms with van der Waals surface area (Å²) < 4.78 is 42.2. The maximum absolute atomic E-state index is 11.9. The van der Waals surface area contributed by atoms with Crippen LogP contribution in [0.2, 0.25) is 0 Å². The molecule has 0 unspecified atom stereocenters. The fraction of sp³-hybridized carbons (Fsp3) is 0.417. The van der Waals surface area contributed by atoms with Gasteiger partial charge in [-0.25, -0.2) is 0 Å². The Kier molecular flexibility index (Phi) is 6.95. The number of nitrogens with two attached hydrogens (primary N) is 1. The molecule has 3 N–H and O–H groups in total. The maximum atomic E-state index is 11.9. The van der Waals surface area contributed by atoms with E-state index in [9.17, 15) is 18.0 Å². The summed E-state index contributed by atoms with van der Waals surface area (Å²) >= 11 is 6.56. The average Bonchev–Trinajstić information content (AvgIpc) is 2.35. The monoisotopic (exact) mass is 432 g/mol. The molecule has 4 nitrogen and oxygen atoms in total. The number of alkyl halides is 3. The lowest BCUT2D eigenvalue weighted by atomic mass is 10.1. The van der Waals surface area contributed by atoms with Crippen LogP contribution in [0.3, 0.4) is 0 Å². The lowest BCUT2D eigenvalue weighted by Gasteiger charge is -2.13. The van der Waals surface area contributed by atoms with E-state index in [2.05, 4.69) is 31.9 Å². The summed E-state index contributed by atoms with van der Waals surface area (Å²) in [4.78, 5) is 11.3. The first-order valence-electron chi connectivity index (χ1n) is 5.87. The second-order valence-corrected chi connectivity index (χ2v) is 5.82. The van der Waals surface area contributed by atoms with Gasteiger partial charge in [-0.15, -0.1) is 0 Å². The normalized spacial score (nSPS) is 11.3. The molecule has 0 fully saturated rings. The Morgan fingerprint density at radius 1 is 1.29 bits per heavy atom. The van der Waals surface area contributed by atoms with Crippen LogP contribution in [0, 0.1) is 0 Å². The van der Waals surface area contributed by atoms with Gasteiger partial charge in [0.1, 0.15) is 12.3 Å². The van der Waals surface area contributed by atoms with Gasteiger partial charge >= 0.3 is 6.18 Å². The molecule has 0 atom stereocenters. The van der Waals surface area contributed by atoms with Crippen molar-refractivity contribution < 1.29 is 22.7 Å². The first kappa shape index (κ1) is 18.2. The molecule has 0 heterocycles. The minimum absolute atomic E-state index is 0.345. The van der Waals surface area contributed by atoms with Crippen molar-refractivity contribution >= 4 is 37.8 Å². The minimum atomic E-state index is -4.44. The number of ether oxygens (including phenoxy) is 1. The van der Waals surface area contributed by atoms with Gasteiger partial charge in [0.25, 0.3) is 5.91 Å². The van der Waals surface area contributed by atoms with E-state index < -0.39 is 25.2 Å². The standard InChI is InChI=1S/C12H13Br2F3N2O2/c13-8-3-7(1-2-18)4-9(14)11(8)21-5-10(20)19-6-12(15,16)17/h3-4H,1-2,5-6,18H2,(H,19,20). The molecular formula is C12H13Br2F3N2O2. The molecule has 0 aliphatic rings. The van der Waals surface area contributed by atoms with Crippen LogP contribution in [-0.4, -0.2) is 31.8 Å². The fourth-order valence-electron chi connectivity index (χ4n) is 1.45. The molecule has 21 heavy (non-hydrogen) atoms. The Morgan fingerprint density at radius 3 is 2.33 bits per heavy atom. The van der Waals surface area contributed by atoms with E-state index in [-0.39, 0.29) is 0 Å². The fourth-order valence-corrected chi connectivity index (χ4v) is 2.96. The Morgan fingerprint density at radius 2 is 1.86 bits per heavy atom. The topological polar surface area (TPSA) is 64.3 Å². The van der Waals surface area contributed by atoms with Crippen molar-refractivity contribution in [3.05, 3.63) is 26.6 Å². The average molecular weight is 434 g/mol. The van der Waals surface area contributed by atoms with Gasteiger partial charge in [0, 0.05) is 0 Å². The molecular weight excluding hydrogens is 421 g/mol. The van der Waals surface area contributed by atoms with E-state index in [0.29, 0.717) is 27.7 Å². The van der Waals surface area contributed by atoms with Crippen LogP contribution in [0.1, 0.15) is 5.56 Å². The summed E-state index contributed by atoms with van der Waals surface area (Å²) in [5.74, 6) is -0.505. The van der Waals surface area contributed by atoms with Crippen LogP contribution in [0.5, 0.6) is 5.75 Å². The molecule has 0 radical (unpaired) electrons. The number of hydrogen-bond acceptors (Lipinski definition) is 3. The molecule has 1 rings (SSSR count). The van der Waals surface area contributed by atoms with Crippen molar-refractivity contribution in [2.75, 3.05) is 19.7 Å². The Labute approximate surface area is 136 Å². The molecule has 0 aliphatic heterocycles. The predicted molar refractivity (Wildman–Crippen MR) is 79.2 cm³/mol. The summed E-state index contributed by atoms with van der Waals surface area (Å²) in [5.41, 5.74) is 6.42. The summed E-state index contributed by atoms with van der Waals surface area (Å²) in [6.45, 7) is -1.41. The zero-order valence-electron chi connectivity index (χ0n) is 10.8. The van der Waals surface area contributed by atoms with Crippen molar-refractivity contribution in [1.29, 1.82) is 0 Å². The van der Waals surface area contributed by atoms with Gasteiger partial charge < -0.3 is 15.8 Å². The van der Waals surface area contributed by atoms with Crippen LogP contribution in [-0.2, 0) is 11.2 Å². The number of rotatable bonds is 6. The Bertz CT molecular complexity index is 487. The Balaban J connectivity index is 2.61. The maximum Gasteiger partial charge on any atom is 0.405 e. The molecule has 0 spiro atoms. The largest absolute Gasteiger partial charge is 0.481 e. The minimum Gasteiger partial charge on any atom is -0.481 e. The smallest absolute Gasteiger partial charge is 0.405 e. The van der Waals surface area contributed by atoms with E-state index in [1.54, 1.807) is 17.4 Å². The highest BCUT2D eigenvalue weighted by molar-refractivity contribution is 9.11. The first-order valence-corrected chi connectivity index (χ1v) is 7.45. The van der Waals surface area contributed by atoms with Gasteiger partial charge in [0.15, 0.2) is 6.61 Å². The number of carbonyl (C=O) groups is 1. The Hall–Kier alpha value is -0.800. The van der Waals surface area contributed by atoms with Crippen molar-refractivity contribution in [2.24, 2.45) is 5.73 Å². The summed E-state index contributed by atoms with van der Waals surface area (Å²) in [5, 5.41) is 1.73. The van der Waals surface area contributed by atoms with Crippen LogP contribution >= 0.6 is 31.9 Å². The molecule has 0 saturated carbocycles. The molecule has 118 valence electrons. The number of hydrogen-bond donors (Lipinski definition) is 2. The highest BCUT2D eigenvalue weighted by Crippen LogP contribution is 2.34. The van der Waals surface area contributed by atoms with Crippen LogP contribution in [0.15, 0.2) is 21.1 Å². The zero-order chi connectivity index (χ0) is 16.0. The highest BCUT2D eigenvalue weighted by Gasteiger charge is 2.27. The van der Waals surface area contributed by atoms with E-state index in [1.165, 1.54) is 0 Å². The van der Waals surface area contributed by atoms with E-state index in [4.69, 9.17) is 10.5 Å². The van der Waals surface area contributed by atoms with Gasteiger partial charge in [0.2, 0.25) is 0 Å². The van der Waals surface area contributed by atoms with Gasteiger partial charge in [-0.3, -0.25) is 4.79 Å². The van der Waals surface area contributed by atoms with Crippen LogP contribution < -0.4 is 15.8 Å². The van der Waals surface area contributed by atoms with Gasteiger partial charge in [-0.2, -0.15) is 13.2 Å². The molecule has 0 aromatic heterocycles. The SMILES string of the molecule is NCCc1cc(Br)c(OCC(=O)NCC(F)(F)F)c(Br)c1. The molecule has 1 aromatic rings. The third kappa shape index (κ3) is 6.66. The van der Waals surface area contributed by atoms with E-state index in [1.807, 2.05) is 0 Å². The number of benzene rings is 1. The molecule has 0 saturated heterocycles. The van der Waals surface area contributed by atoms with E-state index >= 15 is 0 Å². The second-order valence-electron chi connectivity index (χ2n) is 4.11. The molecule has 1 amide bonds. The number of carbonyl (C=O) groups excluding carboxylic acids is 1. The quantitative estimate of drug-likeness (QED) is 0.725. The molecule has 0 aliphatic carbocycles. The van der Waals surface area contributed by atoms with E-state index in [0.717, 1.165) is 5.56 Å². The second kappa shape index (κ2) is 8.00. The van der Waals surface area contributed by atoms with Gasteiger partial charge in [-0.05, 0) is 62.5 Å². The lowest BCUT2D eigenvalue weighted by Crippen LogP contribution is -2.36. The molecule has 9 heteroatoms. The molecule has 1 aromatic carbocycles. The third-order valence-electron chi connectivity index (χ3n) is 2.32.